The van der Waals surface area contributed by atoms with Crippen molar-refractivity contribution >= 4 is 17.3 Å². The number of carbonyl (C=O) groups excluding carboxylic acids is 1. The van der Waals surface area contributed by atoms with E-state index >= 15 is 0 Å². The number of thiophene rings is 1. The number of hydrogen-bond donors (Lipinski definition) is 2. The van der Waals surface area contributed by atoms with E-state index < -0.39 is 0 Å². The molecule has 1 saturated carbocycles. The van der Waals surface area contributed by atoms with Crippen LogP contribution in [0.1, 0.15) is 29.0 Å². The Morgan fingerprint density at radius 1 is 1.47 bits per heavy atom. The summed E-state index contributed by atoms with van der Waals surface area (Å²) < 4.78 is 4.65. The topological polar surface area (TPSA) is 58.6 Å². The molecule has 5 heteroatoms. The van der Waals surface area contributed by atoms with Crippen LogP contribution in [-0.2, 0) is 22.5 Å². The largest absolute Gasteiger partial charge is 0.469 e. The van der Waals surface area contributed by atoms with Gasteiger partial charge in [-0.05, 0) is 43.9 Å². The lowest BCUT2D eigenvalue weighted by Crippen LogP contribution is -2.20. The molecule has 0 saturated heterocycles. The maximum Gasteiger partial charge on any atom is 0.310 e. The Bertz CT molecular complexity index is 419. The van der Waals surface area contributed by atoms with Crippen LogP contribution in [0.3, 0.4) is 0 Å². The number of hydrogen-bond acceptors (Lipinski definition) is 5. The van der Waals surface area contributed by atoms with Crippen LogP contribution in [0.5, 0.6) is 0 Å². The number of rotatable bonds is 6. The molecule has 1 aliphatic rings. The highest BCUT2D eigenvalue weighted by Gasteiger charge is 2.22. The van der Waals surface area contributed by atoms with Crippen molar-refractivity contribution in [3.63, 3.8) is 0 Å². The van der Waals surface area contributed by atoms with Gasteiger partial charge in [-0.1, -0.05) is 0 Å². The third-order valence-electron chi connectivity index (χ3n) is 3.51. The monoisotopic (exact) mass is 283 g/mol. The molecule has 2 N–H and O–H groups in total. The Labute approximate surface area is 117 Å². The van der Waals surface area contributed by atoms with E-state index in [-0.39, 0.29) is 12.1 Å². The van der Waals surface area contributed by atoms with Gasteiger partial charge in [0.15, 0.2) is 0 Å². The molecule has 19 heavy (non-hydrogen) atoms. The zero-order valence-electron chi connectivity index (χ0n) is 11.2. The first-order valence-corrected chi connectivity index (χ1v) is 7.52. The zero-order valence-corrected chi connectivity index (χ0v) is 12.0. The van der Waals surface area contributed by atoms with E-state index in [9.17, 15) is 9.90 Å². The van der Waals surface area contributed by atoms with Gasteiger partial charge in [-0.25, -0.2) is 0 Å². The van der Waals surface area contributed by atoms with Crippen molar-refractivity contribution in [1.29, 1.82) is 0 Å². The number of carbonyl (C=O) groups is 1. The number of methoxy groups -OCH3 is 1. The molecular weight excluding hydrogens is 262 g/mol. The van der Waals surface area contributed by atoms with Crippen molar-refractivity contribution in [2.24, 2.45) is 5.92 Å². The van der Waals surface area contributed by atoms with Gasteiger partial charge in [0.1, 0.15) is 0 Å². The second-order valence-corrected chi connectivity index (χ2v) is 6.34. The summed E-state index contributed by atoms with van der Waals surface area (Å²) in [4.78, 5) is 13.4. The third kappa shape index (κ3) is 4.60. The van der Waals surface area contributed by atoms with Crippen LogP contribution < -0.4 is 5.32 Å². The summed E-state index contributed by atoms with van der Waals surface area (Å²) in [5.74, 6) is 0.408. The Morgan fingerprint density at radius 2 is 2.26 bits per heavy atom. The van der Waals surface area contributed by atoms with Gasteiger partial charge in [-0.3, -0.25) is 4.79 Å². The van der Waals surface area contributed by atoms with E-state index in [1.165, 1.54) is 12.0 Å². The van der Waals surface area contributed by atoms with Crippen molar-refractivity contribution in [1.82, 2.24) is 5.32 Å². The fourth-order valence-corrected chi connectivity index (χ4v) is 3.43. The fourth-order valence-electron chi connectivity index (χ4n) is 2.46. The zero-order chi connectivity index (χ0) is 13.7. The molecule has 0 bridgehead atoms. The van der Waals surface area contributed by atoms with Crippen LogP contribution in [-0.4, -0.2) is 30.8 Å². The molecule has 4 nitrogen and oxygen atoms in total. The van der Waals surface area contributed by atoms with Gasteiger partial charge in [0.25, 0.3) is 0 Å². The number of esters is 1. The Balaban J connectivity index is 1.70. The maximum atomic E-state index is 11.2. The van der Waals surface area contributed by atoms with Crippen molar-refractivity contribution in [3.05, 3.63) is 21.9 Å². The number of ether oxygens (including phenoxy) is 1. The highest BCUT2D eigenvalue weighted by atomic mass is 32.1. The second kappa shape index (κ2) is 7.03. The molecule has 0 aliphatic heterocycles. The van der Waals surface area contributed by atoms with Gasteiger partial charge in [-0.2, -0.15) is 0 Å². The van der Waals surface area contributed by atoms with Crippen molar-refractivity contribution in [2.45, 2.75) is 38.3 Å². The van der Waals surface area contributed by atoms with E-state index in [2.05, 4.69) is 16.1 Å². The standard InChI is InChI=1S/C14H21NO3S/c1-18-14(17)7-12-4-5-13(19-12)9-15-8-10-2-3-11(16)6-10/h4-5,10-11,15-16H,2-3,6-9H2,1H3. The molecule has 1 aromatic heterocycles. The molecule has 2 unspecified atom stereocenters. The molecule has 2 atom stereocenters. The molecule has 1 aliphatic carbocycles. The van der Waals surface area contributed by atoms with E-state index in [1.54, 1.807) is 11.3 Å². The first-order chi connectivity index (χ1) is 9.17. The smallest absolute Gasteiger partial charge is 0.310 e. The number of aliphatic hydroxyl groups excluding tert-OH is 1. The van der Waals surface area contributed by atoms with Crippen molar-refractivity contribution < 1.29 is 14.6 Å². The number of nitrogens with one attached hydrogen (secondary N) is 1. The van der Waals surface area contributed by atoms with Gasteiger partial charge in [0, 0.05) is 16.3 Å². The van der Waals surface area contributed by atoms with Crippen LogP contribution in [0.2, 0.25) is 0 Å². The molecular formula is C14H21NO3S. The predicted molar refractivity (Wildman–Crippen MR) is 75.1 cm³/mol. The van der Waals surface area contributed by atoms with E-state index in [1.807, 2.05) is 6.07 Å². The molecule has 1 fully saturated rings. The Kier molecular flexibility index (Phi) is 5.36. The minimum atomic E-state index is -0.193. The normalized spacial score (nSPS) is 22.6. The minimum absolute atomic E-state index is 0.0970. The SMILES string of the molecule is COC(=O)Cc1ccc(CNCC2CCC(O)C2)s1. The van der Waals surface area contributed by atoms with Crippen LogP contribution in [0.15, 0.2) is 12.1 Å². The minimum Gasteiger partial charge on any atom is -0.469 e. The van der Waals surface area contributed by atoms with Gasteiger partial charge >= 0.3 is 5.97 Å². The maximum absolute atomic E-state index is 11.2. The Hall–Kier alpha value is -0.910. The quantitative estimate of drug-likeness (QED) is 0.780. The predicted octanol–water partition coefficient (Wildman–Crippen LogP) is 1.71. The van der Waals surface area contributed by atoms with Crippen molar-refractivity contribution in [2.75, 3.05) is 13.7 Å². The summed E-state index contributed by atoms with van der Waals surface area (Å²) in [6, 6.07) is 4.04. The summed E-state index contributed by atoms with van der Waals surface area (Å²) >= 11 is 1.65. The molecule has 0 amide bonds. The van der Waals surface area contributed by atoms with Crippen LogP contribution in [0, 0.1) is 5.92 Å². The lowest BCUT2D eigenvalue weighted by molar-refractivity contribution is -0.139. The molecule has 106 valence electrons. The van der Waals surface area contributed by atoms with Crippen LogP contribution in [0.25, 0.3) is 0 Å². The van der Waals surface area contributed by atoms with E-state index in [0.29, 0.717) is 12.3 Å². The Morgan fingerprint density at radius 3 is 2.95 bits per heavy atom. The van der Waals surface area contributed by atoms with Gasteiger partial charge in [0.2, 0.25) is 0 Å². The van der Waals surface area contributed by atoms with Gasteiger partial charge in [0.05, 0.1) is 19.6 Å². The summed E-state index contributed by atoms with van der Waals surface area (Å²) in [6.07, 6.45) is 3.24. The first-order valence-electron chi connectivity index (χ1n) is 6.70. The molecule has 0 spiro atoms. The number of aliphatic hydroxyl groups is 1. The van der Waals surface area contributed by atoms with E-state index in [4.69, 9.17) is 0 Å². The second-order valence-electron chi connectivity index (χ2n) is 5.08. The lowest BCUT2D eigenvalue weighted by Gasteiger charge is -2.09. The molecule has 2 rings (SSSR count). The molecule has 1 aromatic rings. The summed E-state index contributed by atoms with van der Waals surface area (Å²) in [6.45, 7) is 1.79. The van der Waals surface area contributed by atoms with Crippen LogP contribution in [0.4, 0.5) is 0 Å². The van der Waals surface area contributed by atoms with E-state index in [0.717, 1.165) is 37.2 Å². The average Bonchev–Trinajstić information content (AvgIpc) is 2.99. The highest BCUT2D eigenvalue weighted by molar-refractivity contribution is 7.12. The van der Waals surface area contributed by atoms with Gasteiger partial charge in [-0.15, -0.1) is 11.3 Å². The lowest BCUT2D eigenvalue weighted by atomic mass is 10.1. The molecule has 1 heterocycles. The summed E-state index contributed by atoms with van der Waals surface area (Å²) in [5.41, 5.74) is 0. The van der Waals surface area contributed by atoms with Crippen LogP contribution >= 0.6 is 11.3 Å². The average molecular weight is 283 g/mol. The third-order valence-corrected chi connectivity index (χ3v) is 4.59. The molecule has 0 aromatic carbocycles. The summed E-state index contributed by atoms with van der Waals surface area (Å²) in [7, 11) is 1.41. The summed E-state index contributed by atoms with van der Waals surface area (Å²) in [5, 5.41) is 12.9. The van der Waals surface area contributed by atoms with Crippen molar-refractivity contribution in [3.8, 4) is 0 Å². The fraction of sp³-hybridized carbons (Fsp3) is 0.643. The molecule has 0 radical (unpaired) electrons. The first kappa shape index (κ1) is 14.5. The van der Waals surface area contributed by atoms with Gasteiger partial charge < -0.3 is 15.2 Å². The highest BCUT2D eigenvalue weighted by Crippen LogP contribution is 2.24.